The molecule has 0 saturated carbocycles. The lowest BCUT2D eigenvalue weighted by molar-refractivity contribution is -0.118. The summed E-state index contributed by atoms with van der Waals surface area (Å²) in [5, 5.41) is 0. The molecule has 0 unspecified atom stereocenters. The number of nitrogens with zero attached hydrogens (tertiary/aromatic N) is 2. The first-order valence-corrected chi connectivity index (χ1v) is 8.31. The monoisotopic (exact) mass is 311 g/mol. The van der Waals surface area contributed by atoms with Gasteiger partial charge in [0, 0.05) is 39.8 Å². The van der Waals surface area contributed by atoms with Gasteiger partial charge in [0.05, 0.1) is 0 Å². The minimum Gasteiger partial charge on any atom is -0.315 e. The van der Waals surface area contributed by atoms with E-state index in [1.165, 1.54) is 14.1 Å². The van der Waals surface area contributed by atoms with Crippen molar-refractivity contribution >= 4 is 21.8 Å². The third kappa shape index (κ3) is 3.61. The number of carbonyl (C=O) groups excluding carboxylic acids is 1. The van der Waals surface area contributed by atoms with Crippen molar-refractivity contribution in [3.63, 3.8) is 0 Å². The zero-order valence-corrected chi connectivity index (χ0v) is 13.4. The molecule has 6 nitrogen and oxygen atoms in total. The standard InChI is InChI=1S/C14H21N3O3S/c1-16(2)21(19,20)15-9-8-11-4-6-13-12(10-11)5-7-14(18)17(13)3/h4,6,10,15H,5,7-9H2,1-3H3. The molecule has 21 heavy (non-hydrogen) atoms. The summed E-state index contributed by atoms with van der Waals surface area (Å²) in [6.45, 7) is 0.355. The van der Waals surface area contributed by atoms with Gasteiger partial charge in [-0.2, -0.15) is 12.7 Å². The number of rotatable bonds is 5. The molecular formula is C14H21N3O3S. The van der Waals surface area contributed by atoms with Gasteiger partial charge in [-0.1, -0.05) is 12.1 Å². The molecule has 0 bridgehead atoms. The summed E-state index contributed by atoms with van der Waals surface area (Å²) in [6.07, 6.45) is 1.90. The lowest BCUT2D eigenvalue weighted by atomic mass is 9.98. The minimum absolute atomic E-state index is 0.133. The number of hydrogen-bond acceptors (Lipinski definition) is 3. The largest absolute Gasteiger partial charge is 0.315 e. The van der Waals surface area contributed by atoms with Crippen LogP contribution in [0.25, 0.3) is 0 Å². The number of fused-ring (bicyclic) bond motifs is 1. The zero-order valence-electron chi connectivity index (χ0n) is 12.6. The van der Waals surface area contributed by atoms with Crippen molar-refractivity contribution in [1.29, 1.82) is 0 Å². The maximum Gasteiger partial charge on any atom is 0.278 e. The van der Waals surface area contributed by atoms with Crippen LogP contribution in [0, 0.1) is 0 Å². The van der Waals surface area contributed by atoms with Crippen molar-refractivity contribution in [2.45, 2.75) is 19.3 Å². The van der Waals surface area contributed by atoms with Crippen molar-refractivity contribution in [2.24, 2.45) is 0 Å². The Morgan fingerprint density at radius 1 is 1.29 bits per heavy atom. The SMILES string of the molecule is CN1C(=O)CCc2cc(CCNS(=O)(=O)N(C)C)ccc21. The first kappa shape index (κ1) is 15.9. The lowest BCUT2D eigenvalue weighted by Gasteiger charge is -2.26. The van der Waals surface area contributed by atoms with Crippen LogP contribution in [0.1, 0.15) is 17.5 Å². The smallest absolute Gasteiger partial charge is 0.278 e. The number of carbonyl (C=O) groups is 1. The number of hydrogen-bond donors (Lipinski definition) is 1. The molecular weight excluding hydrogens is 290 g/mol. The minimum atomic E-state index is -3.37. The summed E-state index contributed by atoms with van der Waals surface area (Å²) in [5.41, 5.74) is 3.16. The van der Waals surface area contributed by atoms with E-state index in [4.69, 9.17) is 0 Å². The van der Waals surface area contributed by atoms with Gasteiger partial charge in [-0.3, -0.25) is 4.79 Å². The predicted octanol–water partition coefficient (Wildman–Crippen LogP) is 0.534. The van der Waals surface area contributed by atoms with Crippen molar-refractivity contribution in [3.05, 3.63) is 29.3 Å². The highest BCUT2D eigenvalue weighted by Crippen LogP contribution is 2.27. The summed E-state index contributed by atoms with van der Waals surface area (Å²) in [4.78, 5) is 13.3. The Morgan fingerprint density at radius 2 is 2.00 bits per heavy atom. The fourth-order valence-corrected chi connectivity index (χ4v) is 2.94. The van der Waals surface area contributed by atoms with E-state index in [1.54, 1.807) is 11.9 Å². The van der Waals surface area contributed by atoms with Crippen LogP contribution in [0.3, 0.4) is 0 Å². The van der Waals surface area contributed by atoms with E-state index in [1.807, 2.05) is 12.1 Å². The Hall–Kier alpha value is -1.44. The highest BCUT2D eigenvalue weighted by Gasteiger charge is 2.20. The Morgan fingerprint density at radius 3 is 2.67 bits per heavy atom. The molecule has 1 aliphatic rings. The van der Waals surface area contributed by atoms with Gasteiger partial charge in [-0.05, 0) is 30.0 Å². The van der Waals surface area contributed by atoms with E-state index in [0.717, 1.165) is 27.5 Å². The Balaban J connectivity index is 2.02. The molecule has 7 heteroatoms. The van der Waals surface area contributed by atoms with E-state index < -0.39 is 10.2 Å². The second-order valence-electron chi connectivity index (χ2n) is 5.35. The number of amides is 1. The van der Waals surface area contributed by atoms with Crippen molar-refractivity contribution in [1.82, 2.24) is 9.03 Å². The maximum absolute atomic E-state index is 11.6. The molecule has 1 amide bonds. The third-order valence-electron chi connectivity index (χ3n) is 3.67. The number of nitrogens with one attached hydrogen (secondary N) is 1. The second-order valence-corrected chi connectivity index (χ2v) is 7.32. The van der Waals surface area contributed by atoms with Gasteiger partial charge < -0.3 is 4.90 Å². The van der Waals surface area contributed by atoms with Crippen LogP contribution in [0.2, 0.25) is 0 Å². The van der Waals surface area contributed by atoms with Crippen molar-refractivity contribution in [2.75, 3.05) is 32.6 Å². The highest BCUT2D eigenvalue weighted by atomic mass is 32.2. The third-order valence-corrected chi connectivity index (χ3v) is 5.20. The average molecular weight is 311 g/mol. The summed E-state index contributed by atoms with van der Waals surface area (Å²) < 4.78 is 26.9. The Kier molecular flexibility index (Phi) is 4.65. The molecule has 1 aliphatic heterocycles. The molecule has 0 aliphatic carbocycles. The molecule has 1 aromatic carbocycles. The van der Waals surface area contributed by atoms with E-state index in [-0.39, 0.29) is 5.91 Å². The maximum atomic E-state index is 11.6. The lowest BCUT2D eigenvalue weighted by Crippen LogP contribution is -2.36. The van der Waals surface area contributed by atoms with Gasteiger partial charge >= 0.3 is 0 Å². The van der Waals surface area contributed by atoms with E-state index in [9.17, 15) is 13.2 Å². The first-order chi connectivity index (χ1) is 9.81. The van der Waals surface area contributed by atoms with Crippen LogP contribution in [0.15, 0.2) is 18.2 Å². The van der Waals surface area contributed by atoms with Crippen molar-refractivity contribution in [3.8, 4) is 0 Å². The van der Waals surface area contributed by atoms with E-state index in [0.29, 0.717) is 19.4 Å². The van der Waals surface area contributed by atoms with Crippen LogP contribution in [-0.2, 0) is 27.8 Å². The van der Waals surface area contributed by atoms with E-state index in [2.05, 4.69) is 10.8 Å². The fourth-order valence-electron chi connectivity index (χ4n) is 2.32. The van der Waals surface area contributed by atoms with Crippen molar-refractivity contribution < 1.29 is 13.2 Å². The zero-order chi connectivity index (χ0) is 15.6. The molecule has 0 atom stereocenters. The van der Waals surface area contributed by atoms with Gasteiger partial charge in [0.2, 0.25) is 5.91 Å². The van der Waals surface area contributed by atoms with Crippen LogP contribution < -0.4 is 9.62 Å². The summed E-state index contributed by atoms with van der Waals surface area (Å²) >= 11 is 0. The van der Waals surface area contributed by atoms with E-state index >= 15 is 0 Å². The second kappa shape index (κ2) is 6.13. The normalized spacial score (nSPS) is 15.4. The summed E-state index contributed by atoms with van der Waals surface area (Å²) in [7, 11) is 1.40. The van der Waals surface area contributed by atoms with Crippen LogP contribution in [0.4, 0.5) is 5.69 Å². The average Bonchev–Trinajstić information content (AvgIpc) is 2.43. The molecule has 0 spiro atoms. The van der Waals surface area contributed by atoms with Gasteiger partial charge in [-0.25, -0.2) is 4.72 Å². The summed E-state index contributed by atoms with van der Waals surface area (Å²) in [5.74, 6) is 0.133. The molecule has 1 heterocycles. The quantitative estimate of drug-likeness (QED) is 0.862. The number of anilines is 1. The molecule has 1 N–H and O–H groups in total. The van der Waals surface area contributed by atoms with Gasteiger partial charge in [0.15, 0.2) is 0 Å². The van der Waals surface area contributed by atoms with Crippen LogP contribution in [0.5, 0.6) is 0 Å². The molecule has 0 radical (unpaired) electrons. The molecule has 0 saturated heterocycles. The molecule has 0 fully saturated rings. The Bertz CT molecular complexity index is 641. The van der Waals surface area contributed by atoms with Crippen LogP contribution >= 0.6 is 0 Å². The fraction of sp³-hybridized carbons (Fsp3) is 0.500. The molecule has 1 aromatic rings. The van der Waals surface area contributed by atoms with Gasteiger partial charge in [0.1, 0.15) is 0 Å². The number of aryl methyl sites for hydroxylation is 1. The summed E-state index contributed by atoms with van der Waals surface area (Å²) in [6, 6.07) is 5.93. The first-order valence-electron chi connectivity index (χ1n) is 6.87. The number of benzene rings is 1. The topological polar surface area (TPSA) is 69.7 Å². The molecule has 116 valence electrons. The highest BCUT2D eigenvalue weighted by molar-refractivity contribution is 7.87. The Labute approximate surface area is 125 Å². The molecule has 2 rings (SSSR count). The molecule has 0 aromatic heterocycles. The van der Waals surface area contributed by atoms with Crippen LogP contribution in [-0.4, -0.2) is 46.3 Å². The predicted molar refractivity (Wildman–Crippen MR) is 82.5 cm³/mol. The van der Waals surface area contributed by atoms with Gasteiger partial charge in [0.25, 0.3) is 10.2 Å². The van der Waals surface area contributed by atoms with Gasteiger partial charge in [-0.15, -0.1) is 0 Å².